The first-order valence-electron chi connectivity index (χ1n) is 6.89. The Morgan fingerprint density at radius 1 is 1.05 bits per heavy atom. The molecule has 0 atom stereocenters. The third-order valence-corrected chi connectivity index (χ3v) is 3.96. The maximum absolute atomic E-state index is 9.44. The zero-order valence-electron chi connectivity index (χ0n) is 11.3. The first-order valence-corrected chi connectivity index (χ1v) is 6.89. The van der Waals surface area contributed by atoms with Crippen LogP contribution < -0.4 is 16.4 Å². The molecule has 0 saturated heterocycles. The summed E-state index contributed by atoms with van der Waals surface area (Å²) in [5.74, 6) is 0.839. The van der Waals surface area contributed by atoms with Crippen molar-refractivity contribution in [2.45, 2.75) is 37.8 Å². The van der Waals surface area contributed by atoms with Crippen molar-refractivity contribution in [2.75, 3.05) is 4.90 Å². The van der Waals surface area contributed by atoms with Crippen molar-refractivity contribution in [1.29, 1.82) is 0 Å². The molecule has 0 radical (unpaired) electrons. The van der Waals surface area contributed by atoms with Crippen molar-refractivity contribution in [3.05, 3.63) is 24.3 Å². The summed E-state index contributed by atoms with van der Waals surface area (Å²) >= 11 is 0. The van der Waals surface area contributed by atoms with Gasteiger partial charge >= 0.3 is 0 Å². The molecule has 1 fully saturated rings. The molecule has 1 spiro atoms. The number of nitrogens with zero attached hydrogens (tertiary/aromatic N) is 3. The SMILES string of the molecule is NC1=NC2(CCCCC2)N(c2ccc(O)cc2)C(N)=N1. The van der Waals surface area contributed by atoms with Gasteiger partial charge in [-0.15, -0.1) is 0 Å². The largest absolute Gasteiger partial charge is 0.508 e. The van der Waals surface area contributed by atoms with E-state index >= 15 is 0 Å². The summed E-state index contributed by atoms with van der Waals surface area (Å²) in [7, 11) is 0. The molecule has 0 amide bonds. The number of benzene rings is 1. The summed E-state index contributed by atoms with van der Waals surface area (Å²) in [6.45, 7) is 0. The highest BCUT2D eigenvalue weighted by Crippen LogP contribution is 2.39. The smallest absolute Gasteiger partial charge is 0.220 e. The number of phenolic OH excluding ortho intramolecular Hbond substituents is 1. The number of nitrogens with two attached hydrogens (primary N) is 2. The minimum Gasteiger partial charge on any atom is -0.508 e. The third-order valence-electron chi connectivity index (χ3n) is 3.96. The van der Waals surface area contributed by atoms with Crippen LogP contribution >= 0.6 is 0 Å². The first-order chi connectivity index (χ1) is 9.61. The second-order valence-electron chi connectivity index (χ2n) is 5.33. The van der Waals surface area contributed by atoms with E-state index in [1.165, 1.54) is 6.42 Å². The molecule has 2 aliphatic rings. The number of rotatable bonds is 1. The summed E-state index contributed by atoms with van der Waals surface area (Å²) in [5.41, 5.74) is 12.4. The number of phenols is 1. The molecular weight excluding hydrogens is 254 g/mol. The molecule has 3 rings (SSSR count). The molecule has 1 heterocycles. The van der Waals surface area contributed by atoms with Gasteiger partial charge in [-0.25, -0.2) is 4.99 Å². The molecule has 0 unspecified atom stereocenters. The van der Waals surface area contributed by atoms with E-state index in [9.17, 15) is 5.11 Å². The fourth-order valence-electron chi connectivity index (χ4n) is 3.10. The van der Waals surface area contributed by atoms with E-state index in [1.54, 1.807) is 12.1 Å². The Morgan fingerprint density at radius 2 is 1.70 bits per heavy atom. The Bertz CT molecular complexity index is 557. The van der Waals surface area contributed by atoms with Gasteiger partial charge < -0.3 is 16.6 Å². The fourth-order valence-corrected chi connectivity index (χ4v) is 3.10. The molecule has 1 aromatic carbocycles. The van der Waals surface area contributed by atoms with Gasteiger partial charge in [0, 0.05) is 5.69 Å². The highest BCUT2D eigenvalue weighted by molar-refractivity contribution is 6.05. The van der Waals surface area contributed by atoms with Crippen LogP contribution in [0.25, 0.3) is 0 Å². The average molecular weight is 273 g/mol. The van der Waals surface area contributed by atoms with Crippen LogP contribution in [0.2, 0.25) is 0 Å². The van der Waals surface area contributed by atoms with E-state index in [2.05, 4.69) is 9.98 Å². The number of guanidine groups is 2. The maximum atomic E-state index is 9.44. The zero-order valence-corrected chi connectivity index (χ0v) is 11.3. The van der Waals surface area contributed by atoms with E-state index in [0.29, 0.717) is 5.96 Å². The molecule has 5 N–H and O–H groups in total. The Morgan fingerprint density at radius 3 is 2.35 bits per heavy atom. The topological polar surface area (TPSA) is 100 Å². The van der Waals surface area contributed by atoms with Crippen molar-refractivity contribution in [3.63, 3.8) is 0 Å². The van der Waals surface area contributed by atoms with Gasteiger partial charge in [-0.1, -0.05) is 6.42 Å². The number of aromatic hydroxyl groups is 1. The van der Waals surface area contributed by atoms with Crippen molar-refractivity contribution >= 4 is 17.6 Å². The van der Waals surface area contributed by atoms with Gasteiger partial charge in [-0.2, -0.15) is 4.99 Å². The van der Waals surface area contributed by atoms with Crippen LogP contribution in [0, 0.1) is 0 Å². The molecule has 1 saturated carbocycles. The van der Waals surface area contributed by atoms with Crippen molar-refractivity contribution in [2.24, 2.45) is 21.5 Å². The molecule has 6 nitrogen and oxygen atoms in total. The van der Waals surface area contributed by atoms with Gasteiger partial charge in [0.05, 0.1) is 0 Å². The van der Waals surface area contributed by atoms with Crippen LogP contribution in [0.15, 0.2) is 34.3 Å². The van der Waals surface area contributed by atoms with Gasteiger partial charge in [-0.3, -0.25) is 4.90 Å². The van der Waals surface area contributed by atoms with E-state index in [1.807, 2.05) is 17.0 Å². The minimum atomic E-state index is -0.425. The fraction of sp³-hybridized carbons (Fsp3) is 0.429. The zero-order chi connectivity index (χ0) is 14.2. The lowest BCUT2D eigenvalue weighted by molar-refractivity contribution is 0.305. The molecule has 1 aromatic rings. The van der Waals surface area contributed by atoms with Crippen molar-refractivity contribution in [3.8, 4) is 5.75 Å². The highest BCUT2D eigenvalue weighted by Gasteiger charge is 2.42. The first kappa shape index (κ1) is 12.8. The monoisotopic (exact) mass is 273 g/mol. The van der Waals surface area contributed by atoms with Crippen LogP contribution in [0.1, 0.15) is 32.1 Å². The Kier molecular flexibility index (Phi) is 3.00. The molecule has 106 valence electrons. The van der Waals surface area contributed by atoms with Gasteiger partial charge in [-0.05, 0) is 49.9 Å². The second kappa shape index (κ2) is 4.70. The third kappa shape index (κ3) is 2.07. The highest BCUT2D eigenvalue weighted by atomic mass is 16.3. The van der Waals surface area contributed by atoms with E-state index in [4.69, 9.17) is 11.5 Å². The standard InChI is InChI=1S/C14H19N5O/c15-12-17-13(16)19(10-4-6-11(20)7-5-10)14(18-12)8-2-1-3-9-14/h4-7,20H,1-3,8-9H2,(H4,15,16,17,18). The van der Waals surface area contributed by atoms with Crippen LogP contribution in [-0.2, 0) is 0 Å². The van der Waals surface area contributed by atoms with Crippen LogP contribution in [-0.4, -0.2) is 22.7 Å². The lowest BCUT2D eigenvalue weighted by Crippen LogP contribution is -2.58. The summed E-state index contributed by atoms with van der Waals surface area (Å²) in [6, 6.07) is 6.93. The summed E-state index contributed by atoms with van der Waals surface area (Å²) < 4.78 is 0. The molecule has 1 aliphatic heterocycles. The minimum absolute atomic E-state index is 0.224. The Hall–Kier alpha value is -2.24. The van der Waals surface area contributed by atoms with Crippen molar-refractivity contribution < 1.29 is 5.11 Å². The lowest BCUT2D eigenvalue weighted by atomic mass is 9.87. The number of aliphatic imine (C=N–C) groups is 2. The predicted molar refractivity (Wildman–Crippen MR) is 79.6 cm³/mol. The summed E-state index contributed by atoms with van der Waals surface area (Å²) in [4.78, 5) is 10.6. The Labute approximate surface area is 117 Å². The Balaban J connectivity index is 2.05. The normalized spacial score (nSPS) is 21.5. The van der Waals surface area contributed by atoms with Gasteiger partial charge in [0.1, 0.15) is 11.4 Å². The molecule has 0 aromatic heterocycles. The van der Waals surface area contributed by atoms with E-state index in [0.717, 1.165) is 31.4 Å². The molecule has 20 heavy (non-hydrogen) atoms. The summed E-state index contributed by atoms with van der Waals surface area (Å²) in [6.07, 6.45) is 5.21. The van der Waals surface area contributed by atoms with Crippen LogP contribution in [0.4, 0.5) is 5.69 Å². The molecule has 6 heteroatoms. The number of anilines is 1. The van der Waals surface area contributed by atoms with Crippen molar-refractivity contribution in [1.82, 2.24) is 0 Å². The van der Waals surface area contributed by atoms with Crippen LogP contribution in [0.5, 0.6) is 5.75 Å². The van der Waals surface area contributed by atoms with Gasteiger partial charge in [0.2, 0.25) is 11.9 Å². The lowest BCUT2D eigenvalue weighted by Gasteiger charge is -2.45. The molecular formula is C14H19N5O. The quantitative estimate of drug-likeness (QED) is 0.721. The maximum Gasteiger partial charge on any atom is 0.220 e. The average Bonchev–Trinajstić information content (AvgIpc) is 2.41. The van der Waals surface area contributed by atoms with Crippen LogP contribution in [0.3, 0.4) is 0 Å². The van der Waals surface area contributed by atoms with E-state index < -0.39 is 5.66 Å². The predicted octanol–water partition coefficient (Wildman–Crippen LogP) is 1.50. The molecule has 0 bridgehead atoms. The number of hydrogen-bond donors (Lipinski definition) is 3. The summed E-state index contributed by atoms with van der Waals surface area (Å²) in [5, 5.41) is 9.44. The van der Waals surface area contributed by atoms with E-state index in [-0.39, 0.29) is 11.7 Å². The number of hydrogen-bond acceptors (Lipinski definition) is 6. The van der Waals surface area contributed by atoms with Gasteiger partial charge in [0.25, 0.3) is 0 Å². The van der Waals surface area contributed by atoms with Gasteiger partial charge in [0.15, 0.2) is 0 Å². The molecule has 1 aliphatic carbocycles. The second-order valence-corrected chi connectivity index (χ2v) is 5.33.